The van der Waals surface area contributed by atoms with Crippen molar-refractivity contribution >= 4 is 22.6 Å². The van der Waals surface area contributed by atoms with E-state index in [0.29, 0.717) is 0 Å². The molecule has 4 heteroatoms. The van der Waals surface area contributed by atoms with Gasteiger partial charge in [-0.1, -0.05) is 24.6 Å². The van der Waals surface area contributed by atoms with Crippen molar-refractivity contribution in [2.24, 2.45) is 4.99 Å². The van der Waals surface area contributed by atoms with Crippen LogP contribution in [0.4, 0.5) is 5.69 Å². The van der Waals surface area contributed by atoms with Gasteiger partial charge in [0.25, 0.3) is 0 Å². The van der Waals surface area contributed by atoms with Crippen LogP contribution in [0.3, 0.4) is 0 Å². The first-order chi connectivity index (χ1) is 8.80. The lowest BCUT2D eigenvalue weighted by atomic mass is 10.0. The number of nitrogens with one attached hydrogen (secondary N) is 1. The van der Waals surface area contributed by atoms with E-state index in [4.69, 9.17) is 9.73 Å². The third-order valence-electron chi connectivity index (χ3n) is 3.69. The number of ether oxygens (including phenoxy) is 1. The van der Waals surface area contributed by atoms with Crippen LogP contribution in [-0.4, -0.2) is 23.6 Å². The monoisotopic (exact) mass is 262 g/mol. The second-order valence-electron chi connectivity index (χ2n) is 4.99. The standard InChI is InChI=1S/C14H18N2OS/c1-17-12-6-4-11(5-7-12)15-13-16-14(10-18-13)8-2-3-9-14/h4-7H,2-3,8-10H2,1H3,(H,15,16). The van der Waals surface area contributed by atoms with Crippen LogP contribution in [0.25, 0.3) is 0 Å². The molecule has 1 aliphatic heterocycles. The predicted octanol–water partition coefficient (Wildman–Crippen LogP) is 3.52. The summed E-state index contributed by atoms with van der Waals surface area (Å²) in [6.07, 6.45) is 5.18. The van der Waals surface area contributed by atoms with Crippen molar-refractivity contribution in [2.75, 3.05) is 18.2 Å². The summed E-state index contributed by atoms with van der Waals surface area (Å²) in [5, 5.41) is 4.47. The van der Waals surface area contributed by atoms with Crippen molar-refractivity contribution in [3.05, 3.63) is 24.3 Å². The molecule has 1 aromatic carbocycles. The molecule has 0 unspecified atom stereocenters. The molecule has 1 N–H and O–H groups in total. The van der Waals surface area contributed by atoms with Gasteiger partial charge in [-0.15, -0.1) is 0 Å². The highest BCUT2D eigenvalue weighted by molar-refractivity contribution is 8.14. The van der Waals surface area contributed by atoms with E-state index in [-0.39, 0.29) is 5.54 Å². The number of nitrogens with zero attached hydrogens (tertiary/aromatic N) is 1. The van der Waals surface area contributed by atoms with Crippen LogP contribution in [-0.2, 0) is 0 Å². The minimum absolute atomic E-state index is 0.249. The zero-order valence-corrected chi connectivity index (χ0v) is 11.4. The first-order valence-electron chi connectivity index (χ1n) is 6.43. The lowest BCUT2D eigenvalue weighted by Gasteiger charge is -2.16. The van der Waals surface area contributed by atoms with Crippen molar-refractivity contribution in [3.8, 4) is 5.75 Å². The Kier molecular flexibility index (Phi) is 3.20. The van der Waals surface area contributed by atoms with E-state index in [1.54, 1.807) is 7.11 Å². The van der Waals surface area contributed by atoms with E-state index in [9.17, 15) is 0 Å². The highest BCUT2D eigenvalue weighted by Crippen LogP contribution is 2.41. The molecule has 1 aromatic rings. The molecule has 1 saturated carbocycles. The van der Waals surface area contributed by atoms with Crippen molar-refractivity contribution < 1.29 is 4.74 Å². The Bertz CT molecular complexity index is 449. The molecule has 0 radical (unpaired) electrons. The molecule has 1 spiro atoms. The highest BCUT2D eigenvalue weighted by Gasteiger charge is 2.38. The second-order valence-corrected chi connectivity index (χ2v) is 5.95. The van der Waals surface area contributed by atoms with E-state index in [1.165, 1.54) is 25.7 Å². The summed E-state index contributed by atoms with van der Waals surface area (Å²) in [6, 6.07) is 7.99. The number of anilines is 1. The fourth-order valence-corrected chi connectivity index (χ4v) is 3.84. The third kappa shape index (κ3) is 2.34. The van der Waals surface area contributed by atoms with Gasteiger partial charge in [-0.05, 0) is 37.1 Å². The molecule has 0 bridgehead atoms. The lowest BCUT2D eigenvalue weighted by Crippen LogP contribution is -2.21. The maximum absolute atomic E-state index is 5.15. The minimum atomic E-state index is 0.249. The Labute approximate surface area is 112 Å². The van der Waals surface area contributed by atoms with Crippen LogP contribution in [0.2, 0.25) is 0 Å². The summed E-state index contributed by atoms with van der Waals surface area (Å²) in [5.41, 5.74) is 1.33. The predicted molar refractivity (Wildman–Crippen MR) is 77.7 cm³/mol. The summed E-state index contributed by atoms with van der Waals surface area (Å²) in [6.45, 7) is 0. The summed E-state index contributed by atoms with van der Waals surface area (Å²) in [4.78, 5) is 4.89. The largest absolute Gasteiger partial charge is 0.497 e. The Morgan fingerprint density at radius 3 is 2.61 bits per heavy atom. The van der Waals surface area contributed by atoms with Gasteiger partial charge in [0.1, 0.15) is 5.75 Å². The number of hydrogen-bond donors (Lipinski definition) is 1. The molecule has 1 heterocycles. The fourth-order valence-electron chi connectivity index (χ4n) is 2.63. The number of hydrogen-bond acceptors (Lipinski definition) is 4. The summed E-state index contributed by atoms with van der Waals surface area (Å²) < 4.78 is 5.15. The Morgan fingerprint density at radius 2 is 1.94 bits per heavy atom. The molecule has 3 rings (SSSR count). The average molecular weight is 262 g/mol. The first-order valence-corrected chi connectivity index (χ1v) is 7.42. The molecular formula is C14H18N2OS. The van der Waals surface area contributed by atoms with Crippen LogP contribution >= 0.6 is 11.8 Å². The van der Waals surface area contributed by atoms with Gasteiger partial charge in [0.15, 0.2) is 5.17 Å². The van der Waals surface area contributed by atoms with Crippen LogP contribution < -0.4 is 10.1 Å². The van der Waals surface area contributed by atoms with E-state index in [2.05, 4.69) is 5.32 Å². The van der Waals surface area contributed by atoms with Crippen LogP contribution in [0, 0.1) is 0 Å². The topological polar surface area (TPSA) is 33.6 Å². The summed E-state index contributed by atoms with van der Waals surface area (Å²) in [5.74, 6) is 2.03. The molecular weight excluding hydrogens is 244 g/mol. The quantitative estimate of drug-likeness (QED) is 0.885. The average Bonchev–Trinajstić information content (AvgIpc) is 3.02. The normalized spacial score (nSPS) is 21.1. The molecule has 0 saturated heterocycles. The van der Waals surface area contributed by atoms with E-state index in [0.717, 1.165) is 22.4 Å². The second kappa shape index (κ2) is 4.84. The minimum Gasteiger partial charge on any atom is -0.497 e. The first kappa shape index (κ1) is 11.9. The Balaban J connectivity index is 1.69. The van der Waals surface area contributed by atoms with Gasteiger partial charge in [-0.3, -0.25) is 4.99 Å². The van der Waals surface area contributed by atoms with Gasteiger partial charge in [-0.25, -0.2) is 0 Å². The van der Waals surface area contributed by atoms with Crippen LogP contribution in [0.1, 0.15) is 25.7 Å². The van der Waals surface area contributed by atoms with Gasteiger partial charge >= 0.3 is 0 Å². The third-order valence-corrected chi connectivity index (χ3v) is 4.84. The molecule has 0 atom stereocenters. The molecule has 96 valence electrons. The van der Waals surface area contributed by atoms with Gasteiger partial charge < -0.3 is 10.1 Å². The number of rotatable bonds is 2. The number of methoxy groups -OCH3 is 1. The Morgan fingerprint density at radius 1 is 1.22 bits per heavy atom. The number of benzene rings is 1. The number of thioether (sulfide) groups is 1. The molecule has 2 aliphatic rings. The smallest absolute Gasteiger partial charge is 0.161 e. The van der Waals surface area contributed by atoms with Crippen molar-refractivity contribution in [3.63, 3.8) is 0 Å². The summed E-state index contributed by atoms with van der Waals surface area (Å²) in [7, 11) is 1.68. The van der Waals surface area contributed by atoms with E-state index in [1.807, 2.05) is 36.0 Å². The number of aliphatic imine (C=N–C) groups is 1. The lowest BCUT2D eigenvalue weighted by molar-refractivity contribution is 0.415. The zero-order valence-electron chi connectivity index (χ0n) is 10.6. The summed E-state index contributed by atoms with van der Waals surface area (Å²) >= 11 is 1.85. The molecule has 18 heavy (non-hydrogen) atoms. The molecule has 0 aromatic heterocycles. The van der Waals surface area contributed by atoms with Gasteiger partial charge in [0.2, 0.25) is 0 Å². The molecule has 1 aliphatic carbocycles. The van der Waals surface area contributed by atoms with E-state index >= 15 is 0 Å². The van der Waals surface area contributed by atoms with Crippen LogP contribution in [0.15, 0.2) is 29.3 Å². The zero-order chi connectivity index (χ0) is 12.4. The van der Waals surface area contributed by atoms with E-state index < -0.39 is 0 Å². The van der Waals surface area contributed by atoms with Gasteiger partial charge in [0, 0.05) is 11.4 Å². The molecule has 0 amide bonds. The maximum Gasteiger partial charge on any atom is 0.161 e. The van der Waals surface area contributed by atoms with Crippen molar-refractivity contribution in [1.29, 1.82) is 0 Å². The van der Waals surface area contributed by atoms with Crippen molar-refractivity contribution in [1.82, 2.24) is 0 Å². The highest BCUT2D eigenvalue weighted by atomic mass is 32.2. The van der Waals surface area contributed by atoms with Gasteiger partial charge in [-0.2, -0.15) is 0 Å². The Hall–Kier alpha value is -1.16. The molecule has 3 nitrogen and oxygen atoms in total. The number of amidine groups is 1. The van der Waals surface area contributed by atoms with Crippen LogP contribution in [0.5, 0.6) is 5.75 Å². The SMILES string of the molecule is COc1ccc(NC2=NC3(CCCC3)CS2)cc1. The molecule has 1 fully saturated rings. The van der Waals surface area contributed by atoms with Crippen molar-refractivity contribution in [2.45, 2.75) is 31.2 Å². The van der Waals surface area contributed by atoms with Gasteiger partial charge in [0.05, 0.1) is 12.6 Å². The fraction of sp³-hybridized carbons (Fsp3) is 0.500. The maximum atomic E-state index is 5.15.